The number of anilines is 2. The minimum atomic E-state index is -0.464. The van der Waals surface area contributed by atoms with E-state index < -0.39 is 5.41 Å². The highest BCUT2D eigenvalue weighted by molar-refractivity contribution is 6.06. The third-order valence-corrected chi connectivity index (χ3v) is 6.69. The number of nitrogens with zero attached hydrogens (tertiary/aromatic N) is 7. The molecule has 1 spiro atoms. The van der Waals surface area contributed by atoms with Gasteiger partial charge >= 0.3 is 0 Å². The Kier molecular flexibility index (Phi) is 4.17. The molecule has 0 saturated carbocycles. The molecule has 0 aliphatic carbocycles. The van der Waals surface area contributed by atoms with E-state index in [1.165, 1.54) is 6.33 Å². The van der Waals surface area contributed by atoms with Gasteiger partial charge in [-0.3, -0.25) is 4.79 Å². The summed E-state index contributed by atoms with van der Waals surface area (Å²) in [5, 5.41) is 3.07. The summed E-state index contributed by atoms with van der Waals surface area (Å²) >= 11 is 0. The van der Waals surface area contributed by atoms with Gasteiger partial charge in [0.25, 0.3) is 0 Å². The summed E-state index contributed by atoms with van der Waals surface area (Å²) in [6.07, 6.45) is 8.08. The fourth-order valence-corrected chi connectivity index (χ4v) is 5.06. The molecule has 0 unspecified atom stereocenters. The monoisotopic (exact) mass is 426 g/mol. The van der Waals surface area contributed by atoms with Gasteiger partial charge in [-0.05, 0) is 31.4 Å². The highest BCUT2D eigenvalue weighted by Gasteiger charge is 2.48. The largest absolute Gasteiger partial charge is 0.355 e. The third-order valence-electron chi connectivity index (χ3n) is 6.69. The average molecular weight is 426 g/mol. The van der Waals surface area contributed by atoms with Crippen LogP contribution in [0.3, 0.4) is 0 Å². The van der Waals surface area contributed by atoms with E-state index in [0.717, 1.165) is 72.1 Å². The van der Waals surface area contributed by atoms with Crippen molar-refractivity contribution in [2.75, 3.05) is 23.3 Å². The van der Waals surface area contributed by atoms with Gasteiger partial charge < -0.3 is 14.8 Å². The van der Waals surface area contributed by atoms with E-state index in [1.807, 2.05) is 18.2 Å². The molecule has 5 heterocycles. The Labute approximate surface area is 184 Å². The fourth-order valence-electron chi connectivity index (χ4n) is 5.06. The lowest BCUT2D eigenvalue weighted by Crippen LogP contribution is -2.46. The highest BCUT2D eigenvalue weighted by Crippen LogP contribution is 2.45. The van der Waals surface area contributed by atoms with Crippen molar-refractivity contribution in [1.29, 1.82) is 0 Å². The minimum Gasteiger partial charge on any atom is -0.355 e. The van der Waals surface area contributed by atoms with E-state index in [9.17, 15) is 4.79 Å². The molecule has 1 aromatic carbocycles. The predicted molar refractivity (Wildman–Crippen MR) is 120 cm³/mol. The van der Waals surface area contributed by atoms with Crippen molar-refractivity contribution >= 4 is 28.6 Å². The number of para-hydroxylation sites is 1. The van der Waals surface area contributed by atoms with E-state index in [0.29, 0.717) is 0 Å². The number of benzene rings is 1. The van der Waals surface area contributed by atoms with Crippen LogP contribution in [0.1, 0.15) is 25.3 Å². The first-order valence-electron chi connectivity index (χ1n) is 10.8. The lowest BCUT2D eigenvalue weighted by Gasteiger charge is -2.38. The van der Waals surface area contributed by atoms with E-state index >= 15 is 0 Å². The molecule has 1 amide bonds. The molecule has 1 N–H and O–H groups in total. The van der Waals surface area contributed by atoms with Crippen LogP contribution in [0.5, 0.6) is 0 Å². The molecule has 160 valence electrons. The van der Waals surface area contributed by atoms with Crippen LogP contribution in [-0.2, 0) is 16.8 Å². The van der Waals surface area contributed by atoms with Gasteiger partial charge in [0.15, 0.2) is 17.0 Å². The molecule has 4 aromatic rings. The summed E-state index contributed by atoms with van der Waals surface area (Å²) < 4.78 is 2.06. The molecule has 0 atom stereocenters. The maximum atomic E-state index is 12.9. The Morgan fingerprint density at radius 1 is 1.06 bits per heavy atom. The summed E-state index contributed by atoms with van der Waals surface area (Å²) in [6, 6.07) is 8.02. The Balaban J connectivity index is 1.37. The number of imidazole rings is 1. The number of fused-ring (bicyclic) bond motifs is 3. The zero-order valence-corrected chi connectivity index (χ0v) is 17.7. The van der Waals surface area contributed by atoms with Crippen molar-refractivity contribution in [2.24, 2.45) is 0 Å². The quantitative estimate of drug-likeness (QED) is 0.537. The summed E-state index contributed by atoms with van der Waals surface area (Å²) in [6.45, 7) is 4.22. The van der Waals surface area contributed by atoms with E-state index in [2.05, 4.69) is 47.7 Å². The Morgan fingerprint density at radius 3 is 2.62 bits per heavy atom. The number of aromatic nitrogens is 6. The summed E-state index contributed by atoms with van der Waals surface area (Å²) in [7, 11) is 0. The molecule has 3 aromatic heterocycles. The molecule has 6 rings (SSSR count). The van der Waals surface area contributed by atoms with Crippen LogP contribution in [0.15, 0.2) is 49.3 Å². The Bertz CT molecular complexity index is 1320. The standard InChI is InChI=1S/C23H22N8O/c1-2-31-19(15-11-24-13-25-12-15)29-18-20(26-14-27-21(18)31)30-9-7-23(8-10-30)16-5-3-4-6-17(16)28-22(23)32/h3-6,11-14H,2,7-10H2,1H3,(H,28,32). The smallest absolute Gasteiger partial charge is 0.235 e. The predicted octanol–water partition coefficient (Wildman–Crippen LogP) is 2.79. The topological polar surface area (TPSA) is 102 Å². The second-order valence-electron chi connectivity index (χ2n) is 8.25. The van der Waals surface area contributed by atoms with Gasteiger partial charge in [0.05, 0.1) is 11.0 Å². The molecule has 0 radical (unpaired) electrons. The van der Waals surface area contributed by atoms with Gasteiger partial charge in [0, 0.05) is 37.7 Å². The first-order chi connectivity index (χ1) is 15.7. The van der Waals surface area contributed by atoms with Crippen molar-refractivity contribution in [3.63, 3.8) is 0 Å². The molecule has 2 aliphatic heterocycles. The van der Waals surface area contributed by atoms with Gasteiger partial charge in [0.2, 0.25) is 5.91 Å². The summed E-state index contributed by atoms with van der Waals surface area (Å²) in [5.41, 5.74) is 3.98. The number of nitrogens with one attached hydrogen (secondary N) is 1. The third kappa shape index (κ3) is 2.63. The van der Waals surface area contributed by atoms with E-state index in [4.69, 9.17) is 4.98 Å². The fraction of sp³-hybridized carbons (Fsp3) is 0.304. The minimum absolute atomic E-state index is 0.104. The maximum absolute atomic E-state index is 12.9. The number of carbonyl (C=O) groups excluding carboxylic acids is 1. The lowest BCUT2D eigenvalue weighted by atomic mass is 9.73. The van der Waals surface area contributed by atoms with Crippen LogP contribution in [0.25, 0.3) is 22.6 Å². The summed E-state index contributed by atoms with van der Waals surface area (Å²) in [4.78, 5) is 37.4. The van der Waals surface area contributed by atoms with Gasteiger partial charge in [-0.1, -0.05) is 18.2 Å². The number of rotatable bonds is 3. The molecule has 2 aliphatic rings. The van der Waals surface area contributed by atoms with Crippen LogP contribution >= 0.6 is 0 Å². The van der Waals surface area contributed by atoms with Crippen molar-refractivity contribution in [3.8, 4) is 11.4 Å². The summed E-state index contributed by atoms with van der Waals surface area (Å²) in [5.74, 6) is 1.69. The van der Waals surface area contributed by atoms with Crippen molar-refractivity contribution in [1.82, 2.24) is 29.5 Å². The number of hydrogen-bond acceptors (Lipinski definition) is 7. The Hall–Kier alpha value is -3.88. The molecule has 1 fully saturated rings. The van der Waals surface area contributed by atoms with Crippen LogP contribution in [0.2, 0.25) is 0 Å². The molecule has 0 bridgehead atoms. The number of carbonyl (C=O) groups is 1. The number of amides is 1. The van der Waals surface area contributed by atoms with Crippen LogP contribution in [0, 0.1) is 0 Å². The average Bonchev–Trinajstić information content (AvgIpc) is 3.35. The maximum Gasteiger partial charge on any atom is 0.235 e. The zero-order valence-electron chi connectivity index (χ0n) is 17.7. The lowest BCUT2D eigenvalue weighted by molar-refractivity contribution is -0.121. The van der Waals surface area contributed by atoms with Crippen molar-refractivity contribution in [2.45, 2.75) is 31.7 Å². The van der Waals surface area contributed by atoms with Crippen molar-refractivity contribution in [3.05, 3.63) is 54.9 Å². The van der Waals surface area contributed by atoms with Crippen LogP contribution in [-0.4, -0.2) is 48.5 Å². The SMILES string of the molecule is CCn1c(-c2cncnc2)nc2c(N3CCC4(CC3)C(=O)Nc3ccccc34)ncnc21. The normalized spacial score (nSPS) is 17.0. The molecule has 1 saturated heterocycles. The number of aryl methyl sites for hydroxylation is 1. The van der Waals surface area contributed by atoms with E-state index in [1.54, 1.807) is 18.7 Å². The van der Waals surface area contributed by atoms with Gasteiger partial charge in [-0.15, -0.1) is 0 Å². The zero-order chi connectivity index (χ0) is 21.7. The molecule has 9 nitrogen and oxygen atoms in total. The Morgan fingerprint density at radius 2 is 1.84 bits per heavy atom. The number of piperidine rings is 1. The molecular formula is C23H22N8O. The van der Waals surface area contributed by atoms with Crippen LogP contribution < -0.4 is 10.2 Å². The van der Waals surface area contributed by atoms with Gasteiger partial charge in [-0.2, -0.15) is 0 Å². The first kappa shape index (κ1) is 18.9. The van der Waals surface area contributed by atoms with Crippen molar-refractivity contribution < 1.29 is 4.79 Å². The van der Waals surface area contributed by atoms with Crippen LogP contribution in [0.4, 0.5) is 11.5 Å². The van der Waals surface area contributed by atoms with Gasteiger partial charge in [0.1, 0.15) is 18.5 Å². The second kappa shape index (κ2) is 7.08. The molecule has 32 heavy (non-hydrogen) atoms. The number of hydrogen-bond donors (Lipinski definition) is 1. The van der Waals surface area contributed by atoms with E-state index in [-0.39, 0.29) is 5.91 Å². The molecular weight excluding hydrogens is 404 g/mol. The van der Waals surface area contributed by atoms with Gasteiger partial charge in [-0.25, -0.2) is 24.9 Å². The second-order valence-corrected chi connectivity index (χ2v) is 8.25. The first-order valence-corrected chi connectivity index (χ1v) is 10.8. The highest BCUT2D eigenvalue weighted by atomic mass is 16.2. The molecule has 9 heteroatoms.